The SMILES string of the molecule is O=C(N[C@H]1CCN(Cc2ccc3nonc3c2)C1)c1cc(C2CC2)on1. The molecule has 8 heteroatoms. The molecule has 1 amide bonds. The topological polar surface area (TPSA) is 97.3 Å². The summed E-state index contributed by atoms with van der Waals surface area (Å²) in [6.07, 6.45) is 3.18. The third-order valence-corrected chi connectivity index (χ3v) is 5.07. The molecule has 0 radical (unpaired) electrons. The number of aromatic nitrogens is 3. The lowest BCUT2D eigenvalue weighted by Crippen LogP contribution is -2.37. The van der Waals surface area contributed by atoms with Gasteiger partial charge in [-0.3, -0.25) is 9.69 Å². The maximum absolute atomic E-state index is 12.4. The molecule has 1 saturated carbocycles. The molecule has 1 N–H and O–H groups in total. The van der Waals surface area contributed by atoms with Gasteiger partial charge in [0.1, 0.15) is 16.8 Å². The third-order valence-electron chi connectivity index (χ3n) is 5.07. The standard InChI is InChI=1S/C18H19N5O3/c24-18(16-8-17(25-20-16)12-2-3-12)19-13-5-6-23(10-13)9-11-1-4-14-15(7-11)22-26-21-14/h1,4,7-8,12-13H,2-3,5-6,9-10H2,(H,19,24)/t13-/m0/s1. The molecule has 1 saturated heterocycles. The molecule has 0 unspecified atom stereocenters. The van der Waals surface area contributed by atoms with Crippen molar-refractivity contribution in [3.05, 3.63) is 41.3 Å². The summed E-state index contributed by atoms with van der Waals surface area (Å²) in [6.45, 7) is 2.56. The molecule has 2 aromatic heterocycles. The third kappa shape index (κ3) is 3.08. The van der Waals surface area contributed by atoms with Gasteiger partial charge in [0.2, 0.25) is 0 Å². The molecule has 8 nitrogen and oxygen atoms in total. The second-order valence-corrected chi connectivity index (χ2v) is 7.17. The second kappa shape index (κ2) is 6.21. The predicted octanol–water partition coefficient (Wildman–Crippen LogP) is 2.09. The van der Waals surface area contributed by atoms with Crippen LogP contribution in [-0.2, 0) is 6.54 Å². The number of hydrogen-bond donors (Lipinski definition) is 1. The van der Waals surface area contributed by atoms with E-state index in [1.54, 1.807) is 6.07 Å². The van der Waals surface area contributed by atoms with Crippen LogP contribution in [0.5, 0.6) is 0 Å². The van der Waals surface area contributed by atoms with Crippen LogP contribution in [0.4, 0.5) is 0 Å². The fourth-order valence-corrected chi connectivity index (χ4v) is 3.49. The van der Waals surface area contributed by atoms with Gasteiger partial charge in [-0.05, 0) is 47.3 Å². The van der Waals surface area contributed by atoms with Crippen LogP contribution in [0.2, 0.25) is 0 Å². The fourth-order valence-electron chi connectivity index (χ4n) is 3.49. The molecule has 1 atom stereocenters. The van der Waals surface area contributed by atoms with Crippen molar-refractivity contribution < 1.29 is 13.9 Å². The van der Waals surface area contributed by atoms with Crippen molar-refractivity contribution in [2.75, 3.05) is 13.1 Å². The van der Waals surface area contributed by atoms with Crippen molar-refractivity contribution in [2.24, 2.45) is 0 Å². The zero-order chi connectivity index (χ0) is 17.5. The summed E-state index contributed by atoms with van der Waals surface area (Å²) in [6, 6.07) is 7.85. The van der Waals surface area contributed by atoms with Crippen LogP contribution in [0.1, 0.15) is 47.0 Å². The highest BCUT2D eigenvalue weighted by Gasteiger charge is 2.30. The van der Waals surface area contributed by atoms with Gasteiger partial charge in [0, 0.05) is 37.7 Å². The van der Waals surface area contributed by atoms with Crippen LogP contribution in [0, 0.1) is 0 Å². The lowest BCUT2D eigenvalue weighted by molar-refractivity contribution is 0.0928. The van der Waals surface area contributed by atoms with Gasteiger partial charge in [0.15, 0.2) is 5.69 Å². The number of nitrogens with one attached hydrogen (secondary N) is 1. The number of carbonyl (C=O) groups excluding carboxylic acids is 1. The van der Waals surface area contributed by atoms with Gasteiger partial charge in [0.05, 0.1) is 0 Å². The van der Waals surface area contributed by atoms with E-state index in [0.717, 1.165) is 61.3 Å². The highest BCUT2D eigenvalue weighted by Crippen LogP contribution is 2.40. The monoisotopic (exact) mass is 353 g/mol. The molecule has 2 fully saturated rings. The summed E-state index contributed by atoms with van der Waals surface area (Å²) in [5, 5.41) is 14.7. The molecule has 1 aliphatic carbocycles. The first kappa shape index (κ1) is 15.5. The van der Waals surface area contributed by atoms with Crippen LogP contribution in [0.3, 0.4) is 0 Å². The molecule has 2 aliphatic rings. The number of hydrogen-bond acceptors (Lipinski definition) is 7. The van der Waals surface area contributed by atoms with Crippen molar-refractivity contribution in [1.82, 2.24) is 25.7 Å². The van der Waals surface area contributed by atoms with E-state index in [1.165, 1.54) is 0 Å². The Hall–Kier alpha value is -2.74. The first-order valence-corrected chi connectivity index (χ1v) is 8.95. The van der Waals surface area contributed by atoms with Crippen LogP contribution in [0.25, 0.3) is 11.0 Å². The van der Waals surface area contributed by atoms with Crippen molar-refractivity contribution in [3.63, 3.8) is 0 Å². The zero-order valence-electron chi connectivity index (χ0n) is 14.2. The minimum Gasteiger partial charge on any atom is -0.360 e. The van der Waals surface area contributed by atoms with Gasteiger partial charge in [-0.15, -0.1) is 0 Å². The first-order valence-electron chi connectivity index (χ1n) is 8.95. The Kier molecular flexibility index (Phi) is 3.70. The molecule has 1 aliphatic heterocycles. The second-order valence-electron chi connectivity index (χ2n) is 7.17. The Bertz CT molecular complexity index is 945. The Balaban J connectivity index is 1.17. The molecule has 5 rings (SSSR count). The van der Waals surface area contributed by atoms with Crippen molar-refractivity contribution >= 4 is 16.9 Å². The number of benzene rings is 1. The van der Waals surface area contributed by atoms with E-state index < -0.39 is 0 Å². The highest BCUT2D eigenvalue weighted by molar-refractivity contribution is 5.92. The molecular weight excluding hydrogens is 334 g/mol. The molecule has 3 heterocycles. The summed E-state index contributed by atoms with van der Waals surface area (Å²) < 4.78 is 10.0. The van der Waals surface area contributed by atoms with Gasteiger partial charge < -0.3 is 9.84 Å². The maximum Gasteiger partial charge on any atom is 0.273 e. The summed E-state index contributed by atoms with van der Waals surface area (Å²) >= 11 is 0. The molecule has 0 bridgehead atoms. The van der Waals surface area contributed by atoms with E-state index in [-0.39, 0.29) is 11.9 Å². The predicted molar refractivity (Wildman–Crippen MR) is 91.4 cm³/mol. The number of likely N-dealkylation sites (tertiary alicyclic amines) is 1. The molecule has 0 spiro atoms. The largest absolute Gasteiger partial charge is 0.360 e. The highest BCUT2D eigenvalue weighted by atomic mass is 16.6. The summed E-state index contributed by atoms with van der Waals surface area (Å²) in [5.74, 6) is 1.15. The average Bonchev–Trinajstić information content (AvgIpc) is 3.04. The Morgan fingerprint density at radius 1 is 1.15 bits per heavy atom. The Labute approximate surface area is 149 Å². The van der Waals surface area contributed by atoms with E-state index in [9.17, 15) is 4.79 Å². The maximum atomic E-state index is 12.4. The molecular formula is C18H19N5O3. The molecule has 134 valence electrons. The van der Waals surface area contributed by atoms with E-state index in [4.69, 9.17) is 9.15 Å². The lowest BCUT2D eigenvalue weighted by Gasteiger charge is -2.16. The van der Waals surface area contributed by atoms with E-state index in [2.05, 4.69) is 25.7 Å². The Morgan fingerprint density at radius 3 is 2.92 bits per heavy atom. The van der Waals surface area contributed by atoms with Crippen LogP contribution in [-0.4, -0.2) is 45.4 Å². The Morgan fingerprint density at radius 2 is 2.04 bits per heavy atom. The van der Waals surface area contributed by atoms with Crippen LogP contribution >= 0.6 is 0 Å². The average molecular weight is 353 g/mol. The van der Waals surface area contributed by atoms with Gasteiger partial charge in [-0.25, -0.2) is 4.63 Å². The number of rotatable bonds is 5. The number of carbonyl (C=O) groups is 1. The van der Waals surface area contributed by atoms with Gasteiger partial charge in [-0.1, -0.05) is 11.2 Å². The number of fused-ring (bicyclic) bond motifs is 1. The molecule has 3 aromatic rings. The van der Waals surface area contributed by atoms with Gasteiger partial charge >= 0.3 is 0 Å². The molecule has 1 aromatic carbocycles. The van der Waals surface area contributed by atoms with Gasteiger partial charge in [-0.2, -0.15) is 0 Å². The van der Waals surface area contributed by atoms with Crippen molar-refractivity contribution in [1.29, 1.82) is 0 Å². The summed E-state index contributed by atoms with van der Waals surface area (Å²) in [5.41, 5.74) is 3.07. The first-order chi connectivity index (χ1) is 12.7. The normalized spacial score (nSPS) is 20.7. The smallest absolute Gasteiger partial charge is 0.273 e. The van der Waals surface area contributed by atoms with E-state index in [1.807, 2.05) is 18.2 Å². The van der Waals surface area contributed by atoms with Crippen molar-refractivity contribution in [3.8, 4) is 0 Å². The number of nitrogens with zero attached hydrogens (tertiary/aromatic N) is 4. The quantitative estimate of drug-likeness (QED) is 0.750. The molecule has 26 heavy (non-hydrogen) atoms. The van der Waals surface area contributed by atoms with E-state index >= 15 is 0 Å². The number of amides is 1. The van der Waals surface area contributed by atoms with Crippen LogP contribution in [0.15, 0.2) is 33.4 Å². The lowest BCUT2D eigenvalue weighted by atomic mass is 10.2. The van der Waals surface area contributed by atoms with E-state index in [0.29, 0.717) is 11.6 Å². The summed E-state index contributed by atoms with van der Waals surface area (Å²) in [7, 11) is 0. The summed E-state index contributed by atoms with van der Waals surface area (Å²) in [4.78, 5) is 14.7. The minimum absolute atomic E-state index is 0.126. The minimum atomic E-state index is -0.150. The van der Waals surface area contributed by atoms with Crippen LogP contribution < -0.4 is 5.32 Å². The zero-order valence-corrected chi connectivity index (χ0v) is 14.2. The fraction of sp³-hybridized carbons (Fsp3) is 0.444. The van der Waals surface area contributed by atoms with Crippen molar-refractivity contribution in [2.45, 2.75) is 37.8 Å². The van der Waals surface area contributed by atoms with Gasteiger partial charge in [0.25, 0.3) is 5.91 Å².